The molecule has 2 aromatic heterocycles. The van der Waals surface area contributed by atoms with E-state index in [2.05, 4.69) is 25.0 Å². The van der Waals surface area contributed by atoms with E-state index < -0.39 is 11.9 Å². The number of ether oxygens (including phenoxy) is 1. The standard InChI is InChI=1S/C32H31F3N4O2/c1-13(2)15-7-5-6-8-16(15)28-36-25-17(9-10-19(25)40)29(37-28)41-12-30-23-21-24-22(23)27(30)31(24,26(21)30)39-18(14(3)4)11-20(38-39)32(33,34)35/h5-8,11,13-14,21-24,26-27H,9-10,12H2,1-4H3/t21-,22+,23?,24?,26?,27?,30?,31?. The summed E-state index contributed by atoms with van der Waals surface area (Å²) in [5.41, 5.74) is 2.89. The molecule has 6 fully saturated rings. The lowest BCUT2D eigenvalue weighted by atomic mass is 8.94. The second-order valence-corrected chi connectivity index (χ2v) is 13.8. The molecule has 10 rings (SSSR count). The minimum absolute atomic E-state index is 0.0148. The Balaban J connectivity index is 1.05. The highest BCUT2D eigenvalue weighted by Gasteiger charge is 3.11. The maximum Gasteiger partial charge on any atom is 0.435 e. The molecule has 2 heterocycles. The molecule has 9 heteroatoms. The van der Waals surface area contributed by atoms with Gasteiger partial charge in [0.15, 0.2) is 17.3 Å². The van der Waals surface area contributed by atoms with Gasteiger partial charge in [-0.25, -0.2) is 4.98 Å². The van der Waals surface area contributed by atoms with Gasteiger partial charge in [-0.2, -0.15) is 23.3 Å². The van der Waals surface area contributed by atoms with Gasteiger partial charge in [0.25, 0.3) is 0 Å². The maximum absolute atomic E-state index is 13.7. The second-order valence-electron chi connectivity index (χ2n) is 13.8. The molecule has 0 amide bonds. The third-order valence-electron chi connectivity index (χ3n) is 11.8. The number of benzene rings is 1. The van der Waals surface area contributed by atoms with Crippen molar-refractivity contribution in [3.63, 3.8) is 0 Å². The Bertz CT molecular complexity index is 1670. The van der Waals surface area contributed by atoms with Crippen LogP contribution in [-0.4, -0.2) is 32.1 Å². The fourth-order valence-electron chi connectivity index (χ4n) is 10.7. The first kappa shape index (κ1) is 24.4. The number of carbonyl (C=O) groups is 1. The van der Waals surface area contributed by atoms with E-state index in [1.54, 1.807) is 4.68 Å². The van der Waals surface area contributed by atoms with Crippen molar-refractivity contribution in [1.82, 2.24) is 19.7 Å². The van der Waals surface area contributed by atoms with Gasteiger partial charge < -0.3 is 4.74 Å². The van der Waals surface area contributed by atoms with Gasteiger partial charge in [0.1, 0.15) is 5.69 Å². The quantitative estimate of drug-likeness (QED) is 0.341. The minimum atomic E-state index is -4.45. The number of hydrogen-bond donors (Lipinski definition) is 0. The number of rotatable bonds is 7. The molecule has 0 aliphatic heterocycles. The van der Waals surface area contributed by atoms with E-state index in [0.29, 0.717) is 78.0 Å². The van der Waals surface area contributed by atoms with Gasteiger partial charge in [0.2, 0.25) is 5.88 Å². The van der Waals surface area contributed by atoms with E-state index in [4.69, 9.17) is 14.7 Å². The fourth-order valence-corrected chi connectivity index (χ4v) is 10.7. The van der Waals surface area contributed by atoms with Gasteiger partial charge in [-0.05, 0) is 65.4 Å². The number of carbonyl (C=O) groups excluding carboxylic acids is 1. The van der Waals surface area contributed by atoms with Crippen molar-refractivity contribution in [2.75, 3.05) is 6.61 Å². The summed E-state index contributed by atoms with van der Waals surface area (Å²) in [5.74, 6) is 4.08. The molecule has 7 aliphatic rings. The largest absolute Gasteiger partial charge is 0.477 e. The van der Waals surface area contributed by atoms with E-state index in [1.165, 1.54) is 6.07 Å². The summed E-state index contributed by atoms with van der Waals surface area (Å²) < 4.78 is 49.4. The lowest BCUT2D eigenvalue weighted by molar-refractivity contribution is -0.650. The predicted molar refractivity (Wildman–Crippen MR) is 142 cm³/mol. The van der Waals surface area contributed by atoms with Crippen LogP contribution in [0.25, 0.3) is 11.4 Å². The molecule has 6 saturated carbocycles. The van der Waals surface area contributed by atoms with E-state index in [1.807, 2.05) is 32.0 Å². The van der Waals surface area contributed by atoms with E-state index in [-0.39, 0.29) is 28.6 Å². The fraction of sp³-hybridized carbons (Fsp3) is 0.562. The van der Waals surface area contributed by atoms with Crippen molar-refractivity contribution in [2.45, 2.75) is 64.1 Å². The normalized spacial score (nSPS) is 36.3. The van der Waals surface area contributed by atoms with Crippen LogP contribution < -0.4 is 4.74 Å². The summed E-state index contributed by atoms with van der Waals surface area (Å²) in [6, 6.07) is 9.27. The Morgan fingerprint density at radius 2 is 1.76 bits per heavy atom. The Kier molecular flexibility index (Phi) is 4.29. The molecule has 41 heavy (non-hydrogen) atoms. The van der Waals surface area contributed by atoms with Crippen LogP contribution in [-0.2, 0) is 18.1 Å². The lowest BCUT2D eigenvalue weighted by Crippen LogP contribution is -3.13. The van der Waals surface area contributed by atoms with Crippen LogP contribution in [0.15, 0.2) is 30.3 Å². The average molecular weight is 561 g/mol. The van der Waals surface area contributed by atoms with Crippen LogP contribution in [0, 0.1) is 40.9 Å². The summed E-state index contributed by atoms with van der Waals surface area (Å²) in [6.07, 6.45) is -3.48. The predicted octanol–water partition coefficient (Wildman–Crippen LogP) is 6.26. The molecule has 0 bridgehead atoms. The highest BCUT2D eigenvalue weighted by Crippen LogP contribution is 3.09. The Hall–Kier alpha value is -3.23. The summed E-state index contributed by atoms with van der Waals surface area (Å²) in [5, 5.41) is 4.21. The molecule has 0 saturated heterocycles. The molecule has 7 aliphatic carbocycles. The van der Waals surface area contributed by atoms with Crippen molar-refractivity contribution in [1.29, 1.82) is 0 Å². The Morgan fingerprint density at radius 3 is 2.44 bits per heavy atom. The molecule has 0 radical (unpaired) electrons. The molecule has 1 aromatic carbocycles. The van der Waals surface area contributed by atoms with Crippen LogP contribution in [0.4, 0.5) is 13.2 Å². The first-order valence-electron chi connectivity index (χ1n) is 14.9. The van der Waals surface area contributed by atoms with Crippen LogP contribution in [0.3, 0.4) is 0 Å². The Morgan fingerprint density at radius 1 is 1.02 bits per heavy atom. The number of nitrogens with zero attached hydrogens (tertiary/aromatic N) is 4. The smallest absolute Gasteiger partial charge is 0.435 e. The zero-order valence-electron chi connectivity index (χ0n) is 23.4. The van der Waals surface area contributed by atoms with Crippen LogP contribution >= 0.6 is 0 Å². The van der Waals surface area contributed by atoms with Crippen molar-refractivity contribution in [3.05, 3.63) is 58.5 Å². The maximum atomic E-state index is 13.7. The molecule has 6 nitrogen and oxygen atoms in total. The zero-order valence-corrected chi connectivity index (χ0v) is 23.4. The van der Waals surface area contributed by atoms with Crippen LogP contribution in [0.2, 0.25) is 0 Å². The van der Waals surface area contributed by atoms with Gasteiger partial charge in [-0.15, -0.1) is 0 Å². The molecule has 0 spiro atoms. The topological polar surface area (TPSA) is 69.9 Å². The third kappa shape index (κ3) is 2.45. The van der Waals surface area contributed by atoms with Crippen molar-refractivity contribution in [2.24, 2.45) is 40.9 Å². The highest BCUT2D eigenvalue weighted by molar-refractivity contribution is 5.99. The molecule has 6 unspecified atom stereocenters. The van der Waals surface area contributed by atoms with Gasteiger partial charge >= 0.3 is 6.18 Å². The first-order valence-corrected chi connectivity index (χ1v) is 14.9. The molecule has 3 aromatic rings. The monoisotopic (exact) mass is 560 g/mol. The number of fused-ring (bicyclic) bond motifs is 1. The van der Waals surface area contributed by atoms with Crippen molar-refractivity contribution in [3.8, 4) is 17.3 Å². The number of halogens is 3. The van der Waals surface area contributed by atoms with Crippen LogP contribution in [0.5, 0.6) is 5.88 Å². The van der Waals surface area contributed by atoms with E-state index >= 15 is 0 Å². The SMILES string of the molecule is CC(C)c1ccccc1-c1nc(OCC23C4[C@@H]5C6[C@H]4C2C6(n2nc(C(F)(F)F)cc2C(C)C)C53)c2c(n1)C(=O)CC2. The summed E-state index contributed by atoms with van der Waals surface area (Å²) in [4.78, 5) is 22.4. The molecule has 0 N–H and O–H groups in total. The van der Waals surface area contributed by atoms with Crippen LogP contribution in [0.1, 0.15) is 79.0 Å². The molecule has 212 valence electrons. The molecular weight excluding hydrogens is 529 g/mol. The Labute approximate surface area is 235 Å². The summed E-state index contributed by atoms with van der Waals surface area (Å²) in [7, 11) is 0. The zero-order chi connectivity index (χ0) is 28.4. The first-order chi connectivity index (χ1) is 19.5. The average Bonchev–Trinajstić information content (AvgIpc) is 3.56. The third-order valence-corrected chi connectivity index (χ3v) is 11.8. The molecular formula is C32H31F3N4O2. The van der Waals surface area contributed by atoms with Crippen molar-refractivity contribution >= 4 is 5.78 Å². The number of Topliss-reactive ketones (excluding diaryl/α,β-unsaturated/α-hetero) is 1. The number of alkyl halides is 3. The summed E-state index contributed by atoms with van der Waals surface area (Å²) >= 11 is 0. The van der Waals surface area contributed by atoms with Gasteiger partial charge in [-0.1, -0.05) is 52.0 Å². The lowest BCUT2D eigenvalue weighted by Gasteiger charge is -3.10. The van der Waals surface area contributed by atoms with E-state index in [0.717, 1.165) is 16.7 Å². The number of hydrogen-bond acceptors (Lipinski definition) is 5. The van der Waals surface area contributed by atoms with Gasteiger partial charge in [0, 0.05) is 28.7 Å². The highest BCUT2D eigenvalue weighted by atomic mass is 19.4. The number of aromatic nitrogens is 4. The van der Waals surface area contributed by atoms with Gasteiger partial charge in [-0.3, -0.25) is 9.48 Å². The summed E-state index contributed by atoms with van der Waals surface area (Å²) in [6.45, 7) is 8.62. The van der Waals surface area contributed by atoms with E-state index in [9.17, 15) is 18.0 Å². The second kappa shape index (κ2) is 7.21. The van der Waals surface area contributed by atoms with Gasteiger partial charge in [0.05, 0.1) is 12.1 Å². The minimum Gasteiger partial charge on any atom is -0.477 e. The number of ketones is 1. The van der Waals surface area contributed by atoms with Crippen molar-refractivity contribution < 1.29 is 22.7 Å². The molecule has 8 atom stereocenters.